The van der Waals surface area contributed by atoms with Gasteiger partial charge in [0.15, 0.2) is 0 Å². The molecule has 0 bridgehead atoms. The van der Waals surface area contributed by atoms with Crippen LogP contribution in [0.2, 0.25) is 0 Å². The Morgan fingerprint density at radius 1 is 0.895 bits per heavy atom. The molecule has 0 radical (unpaired) electrons. The lowest BCUT2D eigenvalue weighted by atomic mass is 10.1. The first-order chi connectivity index (χ1) is 8.77. The van der Waals surface area contributed by atoms with Crippen LogP contribution in [0.15, 0.2) is 0 Å². The van der Waals surface area contributed by atoms with Crippen molar-refractivity contribution in [3.63, 3.8) is 0 Å². The van der Waals surface area contributed by atoms with E-state index in [1.807, 2.05) is 45.2 Å². The van der Waals surface area contributed by atoms with Crippen molar-refractivity contribution in [1.29, 1.82) is 0 Å². The summed E-state index contributed by atoms with van der Waals surface area (Å²) in [6.45, 7) is -0.605. The molecule has 0 aromatic heterocycles. The van der Waals surface area contributed by atoms with Gasteiger partial charge in [0.25, 0.3) is 11.8 Å². The highest BCUT2D eigenvalue weighted by Crippen LogP contribution is 2.37. The molecule has 1 aliphatic heterocycles. The highest BCUT2D eigenvalue weighted by molar-refractivity contribution is 14.1. The molecule has 0 unspecified atom stereocenters. The quantitative estimate of drug-likeness (QED) is 0.222. The van der Waals surface area contributed by atoms with Gasteiger partial charge < -0.3 is 5.11 Å². The Morgan fingerprint density at radius 2 is 1.26 bits per heavy atom. The van der Waals surface area contributed by atoms with Crippen molar-refractivity contribution in [1.82, 2.24) is 4.90 Å². The fourth-order valence-corrected chi connectivity index (χ4v) is 5.33. The van der Waals surface area contributed by atoms with E-state index in [9.17, 15) is 14.4 Å². The van der Waals surface area contributed by atoms with Crippen LogP contribution in [-0.2, 0) is 4.79 Å². The molecular weight excluding hydrogens is 706 g/mol. The molecule has 5 nitrogen and oxygen atoms in total. The van der Waals surface area contributed by atoms with Gasteiger partial charge in [0.05, 0.1) is 11.1 Å². The van der Waals surface area contributed by atoms with Crippen molar-refractivity contribution in [2.24, 2.45) is 0 Å². The molecule has 0 spiro atoms. The van der Waals surface area contributed by atoms with Crippen LogP contribution in [0.3, 0.4) is 0 Å². The molecule has 19 heavy (non-hydrogen) atoms. The Bertz CT molecular complexity index is 596. The minimum absolute atomic E-state index is 0.320. The van der Waals surface area contributed by atoms with Gasteiger partial charge in [-0.25, -0.2) is 0 Å². The number of benzene rings is 1. The van der Waals surface area contributed by atoms with Crippen LogP contribution in [0.4, 0.5) is 0 Å². The van der Waals surface area contributed by atoms with Crippen LogP contribution in [0.1, 0.15) is 20.7 Å². The normalized spacial score (nSPS) is 14.0. The van der Waals surface area contributed by atoms with Crippen LogP contribution < -0.4 is 0 Å². The lowest BCUT2D eigenvalue weighted by molar-refractivity contribution is -0.137. The first-order valence-electron chi connectivity index (χ1n) is 4.71. The highest BCUT2D eigenvalue weighted by Gasteiger charge is 2.41. The number of carboxylic acid groups (broad SMARTS) is 1. The van der Waals surface area contributed by atoms with Gasteiger partial charge in [-0.15, -0.1) is 0 Å². The summed E-state index contributed by atoms with van der Waals surface area (Å²) in [7, 11) is 0. The van der Waals surface area contributed by atoms with E-state index in [-0.39, 0.29) is 0 Å². The predicted octanol–water partition coefficient (Wildman–Crippen LogP) is 2.79. The summed E-state index contributed by atoms with van der Waals surface area (Å²) in [4.78, 5) is 35.9. The molecule has 2 rings (SSSR count). The molecule has 9 heteroatoms. The van der Waals surface area contributed by atoms with Crippen molar-refractivity contribution >= 4 is 108 Å². The fraction of sp³-hybridized carbons (Fsp3) is 0.100. The Balaban J connectivity index is 2.69. The van der Waals surface area contributed by atoms with Crippen LogP contribution in [0.5, 0.6) is 0 Å². The number of amides is 2. The number of hydrogen-bond acceptors (Lipinski definition) is 3. The predicted molar refractivity (Wildman–Crippen MR) is 100 cm³/mol. The van der Waals surface area contributed by atoms with Crippen molar-refractivity contribution in [3.05, 3.63) is 25.4 Å². The molecule has 0 saturated carbocycles. The number of imide groups is 1. The standard InChI is InChI=1S/C10H3I4NO4/c11-5-3-4(6(12)8(14)7(5)13)10(19)15(9(3)18)1-2(16)17/h1H2,(H,16,17). The maximum atomic E-state index is 12.2. The molecule has 2 amide bonds. The minimum Gasteiger partial charge on any atom is -0.480 e. The van der Waals surface area contributed by atoms with E-state index in [1.54, 1.807) is 0 Å². The van der Waals surface area contributed by atoms with E-state index < -0.39 is 24.3 Å². The summed E-state index contributed by atoms with van der Waals surface area (Å²) in [5, 5.41) is 8.78. The second-order valence-electron chi connectivity index (χ2n) is 3.60. The Kier molecular flexibility index (Phi) is 4.97. The molecule has 0 atom stereocenters. The monoisotopic (exact) mass is 709 g/mol. The van der Waals surface area contributed by atoms with Gasteiger partial charge >= 0.3 is 5.97 Å². The summed E-state index contributed by atoms with van der Waals surface area (Å²) >= 11 is 8.28. The maximum absolute atomic E-state index is 12.2. The smallest absolute Gasteiger partial charge is 0.323 e. The SMILES string of the molecule is O=C(O)CN1C(=O)c2c(I)c(I)c(I)c(I)c2C1=O. The zero-order valence-corrected chi connectivity index (χ0v) is 17.5. The maximum Gasteiger partial charge on any atom is 0.323 e. The summed E-state index contributed by atoms with van der Waals surface area (Å²) in [6.07, 6.45) is 0. The summed E-state index contributed by atoms with van der Waals surface area (Å²) < 4.78 is 3.20. The number of carbonyl (C=O) groups excluding carboxylic acids is 2. The minimum atomic E-state index is -1.20. The second-order valence-corrected chi connectivity index (χ2v) is 7.91. The number of hydrogen-bond donors (Lipinski definition) is 1. The van der Waals surface area contributed by atoms with Gasteiger partial charge in [0.1, 0.15) is 6.54 Å². The molecule has 0 saturated heterocycles. The third-order valence-corrected chi connectivity index (χ3v) is 9.89. The molecular formula is C10H3I4NO4. The van der Waals surface area contributed by atoms with Crippen molar-refractivity contribution in [2.75, 3.05) is 6.54 Å². The molecule has 1 N–H and O–H groups in total. The van der Waals surface area contributed by atoms with Crippen molar-refractivity contribution < 1.29 is 19.5 Å². The molecule has 1 aromatic rings. The topological polar surface area (TPSA) is 74.7 Å². The van der Waals surface area contributed by atoms with Gasteiger partial charge in [-0.3, -0.25) is 19.3 Å². The average molecular weight is 709 g/mol. The second kappa shape index (κ2) is 5.86. The van der Waals surface area contributed by atoms with Gasteiger partial charge in [0.2, 0.25) is 0 Å². The molecule has 1 aromatic carbocycles. The lowest BCUT2D eigenvalue weighted by Crippen LogP contribution is -2.34. The lowest BCUT2D eigenvalue weighted by Gasteiger charge is -2.09. The largest absolute Gasteiger partial charge is 0.480 e. The average Bonchev–Trinajstić information content (AvgIpc) is 2.58. The molecule has 0 aliphatic carbocycles. The van der Waals surface area contributed by atoms with Crippen LogP contribution >= 0.6 is 90.4 Å². The van der Waals surface area contributed by atoms with Crippen molar-refractivity contribution in [2.45, 2.75) is 0 Å². The Labute approximate surface area is 162 Å². The van der Waals surface area contributed by atoms with E-state index in [1.165, 1.54) is 0 Å². The van der Waals surface area contributed by atoms with E-state index in [2.05, 4.69) is 45.2 Å². The van der Waals surface area contributed by atoms with Gasteiger partial charge in [-0.05, 0) is 90.4 Å². The van der Waals surface area contributed by atoms with E-state index in [4.69, 9.17) is 5.11 Å². The number of nitrogens with zero attached hydrogens (tertiary/aromatic N) is 1. The fourth-order valence-electron chi connectivity index (χ4n) is 1.67. The zero-order valence-electron chi connectivity index (χ0n) is 8.84. The third kappa shape index (κ3) is 2.63. The summed E-state index contributed by atoms with van der Waals surface area (Å²) in [5.41, 5.74) is 0.641. The number of halogens is 4. The van der Waals surface area contributed by atoms with Gasteiger partial charge in [0, 0.05) is 14.3 Å². The summed E-state index contributed by atoms with van der Waals surface area (Å²) in [5.74, 6) is -2.26. The number of carbonyl (C=O) groups is 3. The van der Waals surface area contributed by atoms with Crippen molar-refractivity contribution in [3.8, 4) is 0 Å². The van der Waals surface area contributed by atoms with Crippen LogP contribution in [-0.4, -0.2) is 34.3 Å². The van der Waals surface area contributed by atoms with E-state index >= 15 is 0 Å². The number of aliphatic carboxylic acids is 1. The molecule has 1 heterocycles. The summed E-state index contributed by atoms with van der Waals surface area (Å²) in [6, 6.07) is 0. The Hall–Kier alpha value is 0.750. The zero-order chi connectivity index (χ0) is 14.5. The third-order valence-electron chi connectivity index (χ3n) is 2.48. The first-order valence-corrected chi connectivity index (χ1v) is 9.02. The number of fused-ring (bicyclic) bond motifs is 1. The van der Waals surface area contributed by atoms with Crippen LogP contribution in [0, 0.1) is 14.3 Å². The van der Waals surface area contributed by atoms with E-state index in [0.717, 1.165) is 12.0 Å². The van der Waals surface area contributed by atoms with E-state index in [0.29, 0.717) is 18.3 Å². The van der Waals surface area contributed by atoms with Gasteiger partial charge in [-0.2, -0.15) is 0 Å². The number of carboxylic acids is 1. The molecule has 100 valence electrons. The van der Waals surface area contributed by atoms with Gasteiger partial charge in [-0.1, -0.05) is 0 Å². The highest BCUT2D eigenvalue weighted by atomic mass is 127. The van der Waals surface area contributed by atoms with Crippen LogP contribution in [0.25, 0.3) is 0 Å². The molecule has 1 aliphatic rings. The Morgan fingerprint density at radius 3 is 1.58 bits per heavy atom. The number of rotatable bonds is 2. The molecule has 0 fully saturated rings. The first kappa shape index (κ1) is 16.1.